The van der Waals surface area contributed by atoms with Crippen LogP contribution in [0.25, 0.3) is 0 Å². The molecule has 12 heteroatoms. The molecule has 1 fully saturated rings. The minimum Gasteiger partial charge on any atom is -0.406 e. The van der Waals surface area contributed by atoms with Crippen LogP contribution in [0.15, 0.2) is 53.8 Å². The van der Waals surface area contributed by atoms with Gasteiger partial charge in [0, 0.05) is 42.4 Å². The lowest BCUT2D eigenvalue weighted by Crippen LogP contribution is -2.39. The lowest BCUT2D eigenvalue weighted by molar-refractivity contribution is -0.274. The molecule has 1 amide bonds. The van der Waals surface area contributed by atoms with Crippen LogP contribution >= 0.6 is 0 Å². The van der Waals surface area contributed by atoms with Gasteiger partial charge >= 0.3 is 6.36 Å². The Balaban J connectivity index is 1.44. The largest absolute Gasteiger partial charge is 0.573 e. The number of carbonyl (C=O) groups is 1. The smallest absolute Gasteiger partial charge is 0.406 e. The number of likely N-dealkylation sites (tertiary alicyclic amines) is 1. The van der Waals surface area contributed by atoms with E-state index in [1.807, 2.05) is 0 Å². The standard InChI is InChI=1S/C27H25F5N4O3/c1-16(35-39-20-6-3-5-19(13-20)38-27(30,31)32)22-15-33-17(2)34-26(22)18-9-11-36(12-10-18)25(37)14-21-23(28)7-4-8-24(21)29/h3-8,13,15,18H,9-12,14H2,1-2H3. The van der Waals surface area contributed by atoms with E-state index in [4.69, 9.17) is 4.84 Å². The normalized spacial score (nSPS) is 14.8. The molecule has 206 valence electrons. The molecule has 7 nitrogen and oxygen atoms in total. The Morgan fingerprint density at radius 1 is 1.08 bits per heavy atom. The van der Waals surface area contributed by atoms with Crippen LogP contribution in [-0.2, 0) is 11.2 Å². The molecule has 0 bridgehead atoms. The second-order valence-corrected chi connectivity index (χ2v) is 9.04. The second-order valence-electron chi connectivity index (χ2n) is 9.04. The molecular formula is C27H25F5N4O3. The Hall–Kier alpha value is -4.09. The quantitative estimate of drug-likeness (QED) is 0.215. The van der Waals surface area contributed by atoms with Gasteiger partial charge in [-0.25, -0.2) is 18.7 Å². The number of hydrogen-bond donors (Lipinski definition) is 0. The lowest BCUT2D eigenvalue weighted by atomic mass is 9.89. The molecule has 2 aromatic carbocycles. The third-order valence-electron chi connectivity index (χ3n) is 6.28. The van der Waals surface area contributed by atoms with Gasteiger partial charge in [-0.15, -0.1) is 13.2 Å². The van der Waals surface area contributed by atoms with E-state index in [0.29, 0.717) is 48.7 Å². The number of carbonyl (C=O) groups excluding carboxylic acids is 1. The molecule has 0 unspecified atom stereocenters. The minimum absolute atomic E-state index is 0.0452. The van der Waals surface area contributed by atoms with Crippen molar-refractivity contribution in [1.82, 2.24) is 14.9 Å². The fourth-order valence-corrected chi connectivity index (χ4v) is 4.34. The Labute approximate surface area is 221 Å². The van der Waals surface area contributed by atoms with Crippen LogP contribution in [0.3, 0.4) is 0 Å². The molecule has 0 saturated carbocycles. The summed E-state index contributed by atoms with van der Waals surface area (Å²) in [4.78, 5) is 28.5. The van der Waals surface area contributed by atoms with Crippen molar-refractivity contribution in [3.05, 3.63) is 82.9 Å². The van der Waals surface area contributed by atoms with Gasteiger partial charge in [-0.05, 0) is 51.0 Å². The number of aryl methyl sites for hydroxylation is 1. The highest BCUT2D eigenvalue weighted by Gasteiger charge is 2.31. The average Bonchev–Trinajstić information content (AvgIpc) is 2.88. The van der Waals surface area contributed by atoms with Gasteiger partial charge in [0.1, 0.15) is 23.2 Å². The van der Waals surface area contributed by atoms with Crippen molar-refractivity contribution in [2.24, 2.45) is 5.16 Å². The number of halogens is 5. The number of benzene rings is 2. The highest BCUT2D eigenvalue weighted by Crippen LogP contribution is 2.30. The molecule has 39 heavy (non-hydrogen) atoms. The van der Waals surface area contributed by atoms with Gasteiger partial charge in [-0.1, -0.05) is 17.3 Å². The van der Waals surface area contributed by atoms with E-state index in [2.05, 4.69) is 19.9 Å². The van der Waals surface area contributed by atoms with Crippen LogP contribution in [0.4, 0.5) is 22.0 Å². The highest BCUT2D eigenvalue weighted by atomic mass is 19.4. The number of alkyl halides is 3. The summed E-state index contributed by atoms with van der Waals surface area (Å²) in [5.74, 6) is -1.78. The Morgan fingerprint density at radius 3 is 2.38 bits per heavy atom. The Kier molecular flexibility index (Phi) is 8.41. The van der Waals surface area contributed by atoms with Gasteiger partial charge in [0.25, 0.3) is 0 Å². The van der Waals surface area contributed by atoms with Gasteiger partial charge in [-0.2, -0.15) is 0 Å². The van der Waals surface area contributed by atoms with Crippen molar-refractivity contribution in [2.75, 3.05) is 13.1 Å². The van der Waals surface area contributed by atoms with E-state index < -0.39 is 23.7 Å². The number of aromatic nitrogens is 2. The number of oxime groups is 1. The fourth-order valence-electron chi connectivity index (χ4n) is 4.34. The first-order chi connectivity index (χ1) is 18.5. The molecule has 1 saturated heterocycles. The number of piperidine rings is 1. The molecule has 1 aliphatic rings. The maximum atomic E-state index is 14.0. The fraction of sp³-hybridized carbons (Fsp3) is 0.333. The molecule has 0 aliphatic carbocycles. The number of nitrogens with zero attached hydrogens (tertiary/aromatic N) is 4. The molecule has 1 aliphatic heterocycles. The zero-order valence-electron chi connectivity index (χ0n) is 21.1. The summed E-state index contributed by atoms with van der Waals surface area (Å²) in [5, 5.41) is 4.06. The topological polar surface area (TPSA) is 76.9 Å². The van der Waals surface area contributed by atoms with Crippen LogP contribution in [0.1, 0.15) is 48.3 Å². The van der Waals surface area contributed by atoms with E-state index in [1.54, 1.807) is 24.9 Å². The van der Waals surface area contributed by atoms with Crippen LogP contribution in [0.5, 0.6) is 11.5 Å². The summed E-state index contributed by atoms with van der Waals surface area (Å²) in [6.07, 6.45) is -2.49. The maximum Gasteiger partial charge on any atom is 0.573 e. The molecule has 0 N–H and O–H groups in total. The van der Waals surface area contributed by atoms with Crippen molar-refractivity contribution in [2.45, 2.75) is 45.4 Å². The van der Waals surface area contributed by atoms with Gasteiger partial charge < -0.3 is 14.5 Å². The molecule has 3 aromatic rings. The third kappa shape index (κ3) is 7.27. The molecule has 1 aromatic heterocycles. The summed E-state index contributed by atoms with van der Waals surface area (Å²) < 4.78 is 69.4. The van der Waals surface area contributed by atoms with Crippen molar-refractivity contribution in [3.8, 4) is 11.5 Å². The summed E-state index contributed by atoms with van der Waals surface area (Å²) in [6.45, 7) is 4.15. The van der Waals surface area contributed by atoms with Crippen molar-refractivity contribution < 1.29 is 36.3 Å². The minimum atomic E-state index is -4.83. The average molecular weight is 549 g/mol. The first-order valence-electron chi connectivity index (χ1n) is 12.1. The van der Waals surface area contributed by atoms with Crippen molar-refractivity contribution >= 4 is 11.6 Å². The van der Waals surface area contributed by atoms with Gasteiger partial charge in [-0.3, -0.25) is 4.79 Å². The van der Waals surface area contributed by atoms with Gasteiger partial charge in [0.15, 0.2) is 5.75 Å². The van der Waals surface area contributed by atoms with Gasteiger partial charge in [0.05, 0.1) is 17.8 Å². The third-order valence-corrected chi connectivity index (χ3v) is 6.28. The summed E-state index contributed by atoms with van der Waals surface area (Å²) >= 11 is 0. The zero-order chi connectivity index (χ0) is 28.2. The Bertz CT molecular complexity index is 1350. The van der Waals surface area contributed by atoms with E-state index in [-0.39, 0.29) is 29.6 Å². The van der Waals surface area contributed by atoms with Gasteiger partial charge in [0.2, 0.25) is 5.91 Å². The van der Waals surface area contributed by atoms with E-state index in [9.17, 15) is 26.7 Å². The van der Waals surface area contributed by atoms with E-state index >= 15 is 0 Å². The van der Waals surface area contributed by atoms with Crippen LogP contribution < -0.4 is 9.57 Å². The van der Waals surface area contributed by atoms with E-state index in [0.717, 1.165) is 24.3 Å². The summed E-state index contributed by atoms with van der Waals surface area (Å²) in [6, 6.07) is 8.49. The number of amides is 1. The molecule has 0 atom stereocenters. The number of hydrogen-bond acceptors (Lipinski definition) is 6. The number of ether oxygens (including phenoxy) is 1. The van der Waals surface area contributed by atoms with Crippen LogP contribution in [-0.4, -0.2) is 45.9 Å². The molecule has 4 rings (SSSR count). The molecule has 0 radical (unpaired) electrons. The first kappa shape index (κ1) is 27.9. The SMILES string of the molecule is CC(=NOc1cccc(OC(F)(F)F)c1)c1cnc(C)nc1C1CCN(C(=O)Cc2c(F)cccc2F)CC1. The van der Waals surface area contributed by atoms with Crippen LogP contribution in [0, 0.1) is 18.6 Å². The van der Waals surface area contributed by atoms with Crippen molar-refractivity contribution in [1.29, 1.82) is 0 Å². The zero-order valence-corrected chi connectivity index (χ0v) is 21.1. The molecular weight excluding hydrogens is 523 g/mol. The van der Waals surface area contributed by atoms with Crippen LogP contribution in [0.2, 0.25) is 0 Å². The van der Waals surface area contributed by atoms with E-state index in [1.165, 1.54) is 18.2 Å². The molecule has 0 spiro atoms. The molecule has 2 heterocycles. The second kappa shape index (κ2) is 11.7. The predicted octanol–water partition coefficient (Wildman–Crippen LogP) is 5.71. The first-order valence-corrected chi connectivity index (χ1v) is 12.1. The monoisotopic (exact) mass is 548 g/mol. The predicted molar refractivity (Wildman–Crippen MR) is 131 cm³/mol. The summed E-state index contributed by atoms with van der Waals surface area (Å²) in [5.41, 5.74) is 1.46. The maximum absolute atomic E-state index is 14.0. The Morgan fingerprint density at radius 2 is 1.72 bits per heavy atom. The summed E-state index contributed by atoms with van der Waals surface area (Å²) in [7, 11) is 0. The number of rotatable bonds is 7. The lowest BCUT2D eigenvalue weighted by Gasteiger charge is -2.32. The highest BCUT2D eigenvalue weighted by molar-refractivity contribution is 5.99. The van der Waals surface area contributed by atoms with Crippen molar-refractivity contribution in [3.63, 3.8) is 0 Å².